The Hall–Kier alpha value is -1.86. The molecule has 0 radical (unpaired) electrons. The third-order valence-electron chi connectivity index (χ3n) is 12.7. The Bertz CT molecular complexity index is 1360. The molecule has 0 aliphatic carbocycles. The molecule has 4 aliphatic rings. The van der Waals surface area contributed by atoms with Crippen molar-refractivity contribution in [1.82, 2.24) is 9.80 Å². The van der Waals surface area contributed by atoms with Crippen LogP contribution in [0.1, 0.15) is 93.4 Å². The Morgan fingerprint density at radius 1 is 0.864 bits per heavy atom. The van der Waals surface area contributed by atoms with E-state index in [9.17, 15) is 24.9 Å². The Morgan fingerprint density at radius 3 is 2.17 bits per heavy atom. The Balaban J connectivity index is 1.66. The first-order chi connectivity index (χ1) is 27.8. The molecule has 3 fully saturated rings. The van der Waals surface area contributed by atoms with Crippen LogP contribution in [0.15, 0.2) is 24.3 Å². The van der Waals surface area contributed by atoms with Gasteiger partial charge >= 0.3 is 5.97 Å². The third-order valence-corrected chi connectivity index (χ3v) is 12.7. The molecule has 0 aromatic heterocycles. The van der Waals surface area contributed by atoms with Crippen LogP contribution in [0.5, 0.6) is 0 Å². The molecule has 0 bridgehead atoms. The minimum Gasteiger partial charge on any atom is -0.462 e. The summed E-state index contributed by atoms with van der Waals surface area (Å²) >= 11 is 0. The van der Waals surface area contributed by atoms with Gasteiger partial charge < -0.3 is 67.8 Å². The molecule has 3 saturated heterocycles. The topological polar surface area (TPSA) is 175 Å². The van der Waals surface area contributed by atoms with Crippen LogP contribution in [0.2, 0.25) is 0 Å². The fraction of sp³-hybridized carbons (Fsp3) is 0.864. The van der Waals surface area contributed by atoms with E-state index in [1.165, 1.54) is 7.11 Å². The molecule has 0 aromatic rings. The molecular weight excluding hydrogens is 764 g/mol. The van der Waals surface area contributed by atoms with Crippen LogP contribution < -0.4 is 0 Å². The molecule has 0 aromatic carbocycles. The molecule has 19 atom stereocenters. The maximum absolute atomic E-state index is 13.1. The zero-order valence-electron chi connectivity index (χ0n) is 37.5. The van der Waals surface area contributed by atoms with Gasteiger partial charge in [-0.1, -0.05) is 38.2 Å². The van der Waals surface area contributed by atoms with Gasteiger partial charge in [0.05, 0.1) is 48.6 Å². The predicted molar refractivity (Wildman–Crippen MR) is 220 cm³/mol. The second kappa shape index (κ2) is 22.5. The quantitative estimate of drug-likeness (QED) is 0.203. The van der Waals surface area contributed by atoms with Crippen LogP contribution in [-0.4, -0.2) is 170 Å². The number of ether oxygens (including phenoxy) is 8. The summed E-state index contributed by atoms with van der Waals surface area (Å²) in [6.45, 7) is 13.1. The first-order valence-corrected chi connectivity index (χ1v) is 21.6. The van der Waals surface area contributed by atoms with Crippen molar-refractivity contribution in [3.8, 4) is 0 Å². The number of aliphatic hydroxyl groups excluding tert-OH is 2. The van der Waals surface area contributed by atoms with E-state index in [2.05, 4.69) is 32.8 Å². The van der Waals surface area contributed by atoms with Crippen LogP contribution in [0.25, 0.3) is 0 Å². The van der Waals surface area contributed by atoms with Gasteiger partial charge in [-0.05, 0) is 93.9 Å². The number of hydrogen-bond donors (Lipinski definition) is 3. The molecule has 15 nitrogen and oxygen atoms in total. The van der Waals surface area contributed by atoms with E-state index in [-0.39, 0.29) is 49.3 Å². The lowest BCUT2D eigenvalue weighted by molar-refractivity contribution is -0.335. The molecule has 0 spiro atoms. The van der Waals surface area contributed by atoms with Gasteiger partial charge in [-0.2, -0.15) is 0 Å². The number of esters is 1. The zero-order chi connectivity index (χ0) is 43.8. The van der Waals surface area contributed by atoms with Crippen molar-refractivity contribution in [3.63, 3.8) is 0 Å². The smallest absolute Gasteiger partial charge is 0.308 e. The summed E-state index contributed by atoms with van der Waals surface area (Å²) in [4.78, 5) is 29.9. The number of allylic oxidation sites excluding steroid dienone is 2. The molecule has 3 N–H and O–H groups in total. The van der Waals surface area contributed by atoms with E-state index in [1.807, 2.05) is 57.1 Å². The number of rotatable bonds is 11. The van der Waals surface area contributed by atoms with Crippen molar-refractivity contribution in [2.75, 3.05) is 35.3 Å². The Labute approximate surface area is 352 Å². The molecule has 4 heterocycles. The number of methoxy groups -OCH3 is 1. The minimum absolute atomic E-state index is 0.0275. The number of aldehydes is 1. The van der Waals surface area contributed by atoms with Gasteiger partial charge in [-0.15, -0.1) is 0 Å². The van der Waals surface area contributed by atoms with Crippen LogP contribution in [0, 0.1) is 17.8 Å². The monoisotopic (exact) mass is 841 g/mol. The molecule has 4 aliphatic heterocycles. The normalized spacial score (nSPS) is 44.7. The summed E-state index contributed by atoms with van der Waals surface area (Å²) in [7, 11) is 9.45. The largest absolute Gasteiger partial charge is 0.462 e. The second-order valence-electron chi connectivity index (χ2n) is 18.2. The van der Waals surface area contributed by atoms with Crippen molar-refractivity contribution in [2.24, 2.45) is 17.8 Å². The highest BCUT2D eigenvalue weighted by Gasteiger charge is 2.51. The second-order valence-corrected chi connectivity index (χ2v) is 18.2. The average Bonchev–Trinajstić information content (AvgIpc) is 3.13. The number of carbonyl (C=O) groups excluding carboxylic acids is 2. The summed E-state index contributed by atoms with van der Waals surface area (Å²) in [5, 5.41) is 33.2. The number of carbonyl (C=O) groups is 2. The molecule has 59 heavy (non-hydrogen) atoms. The number of cyclic esters (lactones) is 1. The summed E-state index contributed by atoms with van der Waals surface area (Å²) in [5.74, 6) is -1.58. The summed E-state index contributed by atoms with van der Waals surface area (Å²) < 4.78 is 50.9. The van der Waals surface area contributed by atoms with Gasteiger partial charge in [0.1, 0.15) is 30.7 Å². The SMILES string of the molecule is CO[C@@H]1[C@@H](O[C@@H]2O[C@H](C)[C@@H](O[C@H]3CC(C)(O)[C@@H](O)[C@@H](C)O3)C(N(C)C)C2C)[C@@H](CC=O)C[C@@H](C)[C@@H](O[C@H]2CC[C@H](N(C)C)C(C)O2)C=CC=CC[C@@H](C)OC(=O)C[C@H]1O. The molecule has 4 rings (SSSR count). The minimum atomic E-state index is -1.41. The first kappa shape index (κ1) is 49.8. The lowest BCUT2D eigenvalue weighted by Crippen LogP contribution is -2.63. The van der Waals surface area contributed by atoms with Gasteiger partial charge in [0.25, 0.3) is 0 Å². The van der Waals surface area contributed by atoms with E-state index in [1.54, 1.807) is 20.8 Å². The van der Waals surface area contributed by atoms with Crippen molar-refractivity contribution in [2.45, 2.75) is 191 Å². The van der Waals surface area contributed by atoms with Crippen molar-refractivity contribution in [3.05, 3.63) is 24.3 Å². The van der Waals surface area contributed by atoms with E-state index < -0.39 is 91.3 Å². The van der Waals surface area contributed by atoms with E-state index >= 15 is 0 Å². The standard InChI is InChI=1S/C44H76N2O13/c1-25-22-31(20-21-47)40(59-43-27(3)38(46(10)11)39(29(5)56-43)58-37-24-44(7,51)42(50)30(6)55-37)41(52-12)33(48)23-35(49)53-26(2)16-14-13-15-17-34(25)57-36-19-18-32(45(8)9)28(4)54-36/h13-15,17,21,25-34,36-43,48,50-51H,16,18-20,22-24H2,1-12H3/t25-,26-,27?,28?,29-,30-,31+,32+,33-,34+,36+,37+,38?,39-,40+,41+,42+,43+,44?/m1/s1. The fourth-order valence-electron chi connectivity index (χ4n) is 9.46. The van der Waals surface area contributed by atoms with Crippen molar-refractivity contribution >= 4 is 12.3 Å². The summed E-state index contributed by atoms with van der Waals surface area (Å²) in [6, 6.07) is -0.000674. The van der Waals surface area contributed by atoms with Gasteiger partial charge in [0.15, 0.2) is 18.9 Å². The fourth-order valence-corrected chi connectivity index (χ4v) is 9.46. The Kier molecular flexibility index (Phi) is 19.0. The highest BCUT2D eigenvalue weighted by atomic mass is 16.7. The predicted octanol–water partition coefficient (Wildman–Crippen LogP) is 3.60. The highest BCUT2D eigenvalue weighted by molar-refractivity contribution is 5.70. The molecular formula is C44H76N2O13. The highest BCUT2D eigenvalue weighted by Crippen LogP contribution is 2.39. The lowest BCUT2D eigenvalue weighted by atomic mass is 9.82. The number of aliphatic hydroxyl groups is 3. The van der Waals surface area contributed by atoms with Gasteiger partial charge in [-0.25, -0.2) is 0 Å². The average molecular weight is 841 g/mol. The number of likely N-dealkylation sites (N-methyl/N-ethyl adjacent to an activating group) is 2. The Morgan fingerprint density at radius 2 is 1.56 bits per heavy atom. The van der Waals surface area contributed by atoms with Gasteiger partial charge in [-0.3, -0.25) is 4.79 Å². The van der Waals surface area contributed by atoms with E-state index in [0.717, 1.165) is 19.1 Å². The van der Waals surface area contributed by atoms with Gasteiger partial charge in [0.2, 0.25) is 0 Å². The van der Waals surface area contributed by atoms with Crippen LogP contribution in [0.4, 0.5) is 0 Å². The first-order valence-electron chi connectivity index (χ1n) is 21.6. The number of hydrogen-bond acceptors (Lipinski definition) is 15. The number of nitrogens with zero attached hydrogens (tertiary/aromatic N) is 2. The van der Waals surface area contributed by atoms with Crippen molar-refractivity contribution < 1.29 is 62.8 Å². The van der Waals surface area contributed by atoms with Crippen LogP contribution in [0.3, 0.4) is 0 Å². The maximum atomic E-state index is 13.1. The van der Waals surface area contributed by atoms with Crippen LogP contribution in [-0.2, 0) is 47.5 Å². The van der Waals surface area contributed by atoms with Crippen LogP contribution >= 0.6 is 0 Å². The molecule has 0 saturated carbocycles. The molecule has 340 valence electrons. The lowest BCUT2D eigenvalue weighted by Gasteiger charge is -2.51. The van der Waals surface area contributed by atoms with E-state index in [4.69, 9.17) is 37.9 Å². The summed E-state index contributed by atoms with van der Waals surface area (Å²) in [6.07, 6.45) is 1.92. The zero-order valence-corrected chi connectivity index (χ0v) is 37.5. The van der Waals surface area contributed by atoms with Gasteiger partial charge in [0, 0.05) is 44.4 Å². The maximum Gasteiger partial charge on any atom is 0.308 e. The third kappa shape index (κ3) is 13.3. The molecule has 15 heteroatoms. The molecule has 0 amide bonds. The molecule has 4 unspecified atom stereocenters. The van der Waals surface area contributed by atoms with Crippen molar-refractivity contribution in [1.29, 1.82) is 0 Å². The van der Waals surface area contributed by atoms with E-state index in [0.29, 0.717) is 12.8 Å². The summed E-state index contributed by atoms with van der Waals surface area (Å²) in [5.41, 5.74) is -1.41.